The number of carbonyl (C=O) groups is 1. The van der Waals surface area contributed by atoms with Crippen LogP contribution in [0, 0.1) is 11.6 Å². The van der Waals surface area contributed by atoms with Gasteiger partial charge >= 0.3 is 7.12 Å². The molecule has 116 valence electrons. The van der Waals surface area contributed by atoms with Gasteiger partial charge in [0.15, 0.2) is 5.78 Å². The molecule has 0 saturated heterocycles. The van der Waals surface area contributed by atoms with Crippen molar-refractivity contribution in [1.29, 1.82) is 0 Å². The van der Waals surface area contributed by atoms with Gasteiger partial charge in [0.05, 0.1) is 16.8 Å². The summed E-state index contributed by atoms with van der Waals surface area (Å²) in [6, 6.07) is 1.68. The van der Waals surface area contributed by atoms with Crippen LogP contribution < -0.4 is 5.46 Å². The monoisotopic (exact) mass is 300 g/mol. The van der Waals surface area contributed by atoms with Gasteiger partial charge in [0.25, 0.3) is 0 Å². The SMILES string of the molecule is CC(=O)c1c(F)cc(B(O)OC(C)(C)C(C)(C)O)cc1F. The second-order valence-corrected chi connectivity index (χ2v) is 5.96. The van der Waals surface area contributed by atoms with E-state index in [4.69, 9.17) is 4.65 Å². The average molecular weight is 300 g/mol. The van der Waals surface area contributed by atoms with Gasteiger partial charge in [0, 0.05) is 0 Å². The van der Waals surface area contributed by atoms with Gasteiger partial charge in [-0.3, -0.25) is 4.79 Å². The highest BCUT2D eigenvalue weighted by Crippen LogP contribution is 2.25. The van der Waals surface area contributed by atoms with E-state index in [9.17, 15) is 23.7 Å². The van der Waals surface area contributed by atoms with E-state index >= 15 is 0 Å². The van der Waals surface area contributed by atoms with Crippen molar-refractivity contribution in [2.24, 2.45) is 0 Å². The molecule has 0 radical (unpaired) electrons. The second-order valence-electron chi connectivity index (χ2n) is 5.96. The fourth-order valence-electron chi connectivity index (χ4n) is 1.56. The van der Waals surface area contributed by atoms with Crippen molar-refractivity contribution < 1.29 is 28.4 Å². The van der Waals surface area contributed by atoms with Crippen molar-refractivity contribution in [1.82, 2.24) is 0 Å². The van der Waals surface area contributed by atoms with E-state index < -0.39 is 41.3 Å². The van der Waals surface area contributed by atoms with Crippen molar-refractivity contribution in [2.75, 3.05) is 0 Å². The first-order chi connectivity index (χ1) is 9.36. The summed E-state index contributed by atoms with van der Waals surface area (Å²) in [6.45, 7) is 7.09. The van der Waals surface area contributed by atoms with Crippen LogP contribution in [0.4, 0.5) is 8.78 Å². The van der Waals surface area contributed by atoms with E-state index in [1.807, 2.05) is 0 Å². The highest BCUT2D eigenvalue weighted by molar-refractivity contribution is 6.60. The van der Waals surface area contributed by atoms with E-state index in [2.05, 4.69) is 0 Å². The molecule has 1 aromatic rings. The van der Waals surface area contributed by atoms with Crippen molar-refractivity contribution in [3.8, 4) is 0 Å². The Morgan fingerprint density at radius 1 is 1.19 bits per heavy atom. The third kappa shape index (κ3) is 3.87. The molecule has 4 nitrogen and oxygen atoms in total. The lowest BCUT2D eigenvalue weighted by atomic mass is 9.76. The molecule has 0 aliphatic carbocycles. The first-order valence-corrected chi connectivity index (χ1v) is 6.45. The number of carbonyl (C=O) groups excluding carboxylic acids is 1. The summed E-state index contributed by atoms with van der Waals surface area (Å²) in [5.74, 6) is -2.88. The Labute approximate surface area is 122 Å². The largest absolute Gasteiger partial charge is 0.491 e. The summed E-state index contributed by atoms with van der Waals surface area (Å²) < 4.78 is 32.7. The molecule has 0 aliphatic rings. The fourth-order valence-corrected chi connectivity index (χ4v) is 1.56. The Morgan fingerprint density at radius 3 is 1.95 bits per heavy atom. The van der Waals surface area contributed by atoms with Crippen LogP contribution in [0.3, 0.4) is 0 Å². The molecule has 1 rings (SSSR count). The molecule has 0 spiro atoms. The zero-order valence-corrected chi connectivity index (χ0v) is 12.7. The van der Waals surface area contributed by atoms with Crippen LogP contribution in [0.1, 0.15) is 45.0 Å². The molecule has 0 heterocycles. The summed E-state index contributed by atoms with van der Waals surface area (Å²) in [4.78, 5) is 11.1. The lowest BCUT2D eigenvalue weighted by Gasteiger charge is -2.38. The number of aliphatic hydroxyl groups is 1. The molecule has 0 unspecified atom stereocenters. The number of hydrogen-bond donors (Lipinski definition) is 2. The predicted octanol–water partition coefficient (Wildman–Crippen LogP) is 1.42. The van der Waals surface area contributed by atoms with Gasteiger partial charge < -0.3 is 14.8 Å². The smallest absolute Gasteiger partial charge is 0.423 e. The number of halogens is 2. The highest BCUT2D eigenvalue weighted by atomic mass is 19.1. The van der Waals surface area contributed by atoms with Gasteiger partial charge in [-0.1, -0.05) is 0 Å². The standard InChI is InChI=1S/C14H19BF2O4/c1-8(18)12-10(16)6-9(7-11(12)17)15(20)21-14(4,5)13(2,3)19/h6-7,19-20H,1-5H3. The Morgan fingerprint density at radius 2 is 1.62 bits per heavy atom. The summed E-state index contributed by atoms with van der Waals surface area (Å²) in [6.07, 6.45) is 0. The van der Waals surface area contributed by atoms with E-state index in [1.54, 1.807) is 0 Å². The van der Waals surface area contributed by atoms with E-state index in [0.717, 1.165) is 19.1 Å². The Kier molecular flexibility index (Phi) is 4.92. The van der Waals surface area contributed by atoms with Crippen molar-refractivity contribution in [3.63, 3.8) is 0 Å². The predicted molar refractivity (Wildman–Crippen MR) is 75.4 cm³/mol. The quantitative estimate of drug-likeness (QED) is 0.637. The average Bonchev–Trinajstić information content (AvgIpc) is 2.24. The lowest BCUT2D eigenvalue weighted by Crippen LogP contribution is -2.53. The number of rotatable bonds is 5. The minimum absolute atomic E-state index is 0.174. The topological polar surface area (TPSA) is 66.8 Å². The van der Waals surface area contributed by atoms with Crippen molar-refractivity contribution >= 4 is 18.4 Å². The molecule has 0 aromatic heterocycles. The highest BCUT2D eigenvalue weighted by Gasteiger charge is 2.39. The summed E-state index contributed by atoms with van der Waals surface area (Å²) in [5, 5.41) is 19.9. The number of Topliss-reactive ketones (excluding diaryl/α,β-unsaturated/α-hetero) is 1. The molecule has 0 fully saturated rings. The third-order valence-electron chi connectivity index (χ3n) is 3.58. The van der Waals surface area contributed by atoms with Crippen LogP contribution in [0.2, 0.25) is 0 Å². The van der Waals surface area contributed by atoms with Crippen molar-refractivity contribution in [3.05, 3.63) is 29.3 Å². The minimum atomic E-state index is -1.64. The van der Waals surface area contributed by atoms with Crippen LogP contribution in [-0.2, 0) is 4.65 Å². The van der Waals surface area contributed by atoms with Gasteiger partial charge in [0.2, 0.25) is 0 Å². The van der Waals surface area contributed by atoms with Crippen LogP contribution >= 0.6 is 0 Å². The van der Waals surface area contributed by atoms with Crippen LogP contribution in [0.5, 0.6) is 0 Å². The zero-order chi connectivity index (χ0) is 16.6. The molecule has 2 N–H and O–H groups in total. The normalized spacial score (nSPS) is 12.4. The first kappa shape index (κ1) is 17.7. The number of hydrogen-bond acceptors (Lipinski definition) is 4. The molecule has 0 saturated carbocycles. The molecular weight excluding hydrogens is 281 g/mol. The third-order valence-corrected chi connectivity index (χ3v) is 3.58. The maximum Gasteiger partial charge on any atom is 0.491 e. The summed E-state index contributed by atoms with van der Waals surface area (Å²) >= 11 is 0. The van der Waals surface area contributed by atoms with Gasteiger partial charge in [-0.25, -0.2) is 8.78 Å². The molecule has 7 heteroatoms. The molecular formula is C14H19BF2O4. The number of ketones is 1. The van der Waals surface area contributed by atoms with Crippen LogP contribution in [-0.4, -0.2) is 34.2 Å². The summed E-state index contributed by atoms with van der Waals surface area (Å²) in [7, 11) is -1.64. The van der Waals surface area contributed by atoms with Gasteiger partial charge in [0.1, 0.15) is 11.6 Å². The van der Waals surface area contributed by atoms with Gasteiger partial charge in [-0.15, -0.1) is 0 Å². The van der Waals surface area contributed by atoms with E-state index in [0.29, 0.717) is 0 Å². The fraction of sp³-hybridized carbons (Fsp3) is 0.500. The molecule has 0 aliphatic heterocycles. The van der Waals surface area contributed by atoms with Gasteiger partial charge in [-0.2, -0.15) is 0 Å². The maximum absolute atomic E-state index is 13.7. The molecule has 21 heavy (non-hydrogen) atoms. The first-order valence-electron chi connectivity index (χ1n) is 6.45. The molecule has 1 aromatic carbocycles. The van der Waals surface area contributed by atoms with E-state index in [-0.39, 0.29) is 5.46 Å². The van der Waals surface area contributed by atoms with Crippen LogP contribution in [0.25, 0.3) is 0 Å². The Hall–Kier alpha value is -1.31. The Balaban J connectivity index is 3.10. The summed E-state index contributed by atoms with van der Waals surface area (Å²) in [5.41, 5.74) is -3.29. The minimum Gasteiger partial charge on any atom is -0.423 e. The number of benzene rings is 1. The zero-order valence-electron chi connectivity index (χ0n) is 12.7. The lowest BCUT2D eigenvalue weighted by molar-refractivity contribution is -0.0982. The molecule has 0 atom stereocenters. The van der Waals surface area contributed by atoms with E-state index in [1.165, 1.54) is 27.7 Å². The Bertz CT molecular complexity index is 529. The maximum atomic E-state index is 13.7. The van der Waals surface area contributed by atoms with Crippen molar-refractivity contribution in [2.45, 2.75) is 45.8 Å². The molecule has 0 bridgehead atoms. The van der Waals surface area contributed by atoms with Crippen LogP contribution in [0.15, 0.2) is 12.1 Å². The van der Waals surface area contributed by atoms with Gasteiger partial charge in [-0.05, 0) is 52.2 Å². The second kappa shape index (κ2) is 5.83. The molecule has 0 amide bonds.